The zero-order valence-electron chi connectivity index (χ0n) is 10.4. The molecular weight excluding hydrogens is 234 g/mol. The van der Waals surface area contributed by atoms with Crippen molar-refractivity contribution in [1.29, 1.82) is 0 Å². The molecule has 6 heteroatoms. The topological polar surface area (TPSA) is 75.5 Å². The van der Waals surface area contributed by atoms with Crippen LogP contribution in [0.1, 0.15) is 30.3 Å². The van der Waals surface area contributed by atoms with Crippen molar-refractivity contribution >= 4 is 11.8 Å². The number of rotatable bonds is 4. The monoisotopic (exact) mass is 251 g/mol. The van der Waals surface area contributed by atoms with Gasteiger partial charge in [0.2, 0.25) is 0 Å². The Morgan fingerprint density at radius 1 is 1.44 bits per heavy atom. The highest BCUT2D eigenvalue weighted by Gasteiger charge is 2.24. The average Bonchev–Trinajstić information content (AvgIpc) is 2.40. The molecule has 0 saturated carbocycles. The van der Waals surface area contributed by atoms with Gasteiger partial charge in [0.05, 0.1) is 6.10 Å². The minimum Gasteiger partial charge on any atom is -0.476 e. The van der Waals surface area contributed by atoms with Gasteiger partial charge in [0.15, 0.2) is 11.5 Å². The van der Waals surface area contributed by atoms with Crippen LogP contribution in [0.4, 0.5) is 5.82 Å². The highest BCUT2D eigenvalue weighted by molar-refractivity contribution is 5.90. The summed E-state index contributed by atoms with van der Waals surface area (Å²) in [4.78, 5) is 21.1. The maximum absolute atomic E-state index is 11.1. The molecule has 0 radical (unpaired) electrons. The number of piperidine rings is 1. The molecule has 0 bridgehead atoms. The van der Waals surface area contributed by atoms with E-state index in [2.05, 4.69) is 9.97 Å². The van der Waals surface area contributed by atoms with E-state index in [9.17, 15) is 4.79 Å². The normalized spacial score (nSPS) is 16.8. The first-order valence-electron chi connectivity index (χ1n) is 6.13. The van der Waals surface area contributed by atoms with Gasteiger partial charge >= 0.3 is 5.97 Å². The van der Waals surface area contributed by atoms with Gasteiger partial charge in [0.1, 0.15) is 0 Å². The second-order valence-electron chi connectivity index (χ2n) is 4.18. The van der Waals surface area contributed by atoms with E-state index in [0.29, 0.717) is 5.82 Å². The van der Waals surface area contributed by atoms with E-state index in [1.54, 1.807) is 0 Å². The largest absolute Gasteiger partial charge is 0.476 e. The molecule has 6 nitrogen and oxygen atoms in total. The van der Waals surface area contributed by atoms with Crippen molar-refractivity contribution in [3.63, 3.8) is 0 Å². The molecule has 1 saturated heterocycles. The van der Waals surface area contributed by atoms with Crippen LogP contribution in [-0.4, -0.2) is 46.8 Å². The summed E-state index contributed by atoms with van der Waals surface area (Å²) in [5.41, 5.74) is 0.0207. The lowest BCUT2D eigenvalue weighted by atomic mass is 10.1. The van der Waals surface area contributed by atoms with Gasteiger partial charge in [0.25, 0.3) is 0 Å². The van der Waals surface area contributed by atoms with Crippen LogP contribution < -0.4 is 4.90 Å². The van der Waals surface area contributed by atoms with E-state index in [0.717, 1.165) is 32.5 Å². The highest BCUT2D eigenvalue weighted by atomic mass is 16.5. The molecule has 0 amide bonds. The number of nitrogens with zero attached hydrogens (tertiary/aromatic N) is 3. The average molecular weight is 251 g/mol. The van der Waals surface area contributed by atoms with Gasteiger partial charge in [0, 0.05) is 32.1 Å². The van der Waals surface area contributed by atoms with Gasteiger partial charge < -0.3 is 14.7 Å². The number of carboxylic acids is 1. The zero-order chi connectivity index (χ0) is 13.0. The molecular formula is C12H17N3O3. The molecule has 1 N–H and O–H groups in total. The van der Waals surface area contributed by atoms with Gasteiger partial charge in [-0.3, -0.25) is 0 Å². The minimum absolute atomic E-state index is 0.0207. The SMILES string of the molecule is CCOC1CCN(c2nccnc2C(=O)O)CC1. The quantitative estimate of drug-likeness (QED) is 0.866. The molecule has 1 aromatic heterocycles. The van der Waals surface area contributed by atoms with Crippen LogP contribution in [0.5, 0.6) is 0 Å². The maximum atomic E-state index is 11.1. The summed E-state index contributed by atoms with van der Waals surface area (Å²) in [6, 6.07) is 0. The number of ether oxygens (including phenoxy) is 1. The smallest absolute Gasteiger partial charge is 0.358 e. The fraction of sp³-hybridized carbons (Fsp3) is 0.583. The van der Waals surface area contributed by atoms with E-state index in [-0.39, 0.29) is 11.8 Å². The fourth-order valence-corrected chi connectivity index (χ4v) is 2.18. The number of anilines is 1. The van der Waals surface area contributed by atoms with Crippen molar-refractivity contribution in [1.82, 2.24) is 9.97 Å². The van der Waals surface area contributed by atoms with E-state index >= 15 is 0 Å². The van der Waals surface area contributed by atoms with Crippen LogP contribution in [0, 0.1) is 0 Å². The Bertz CT molecular complexity index is 417. The first kappa shape index (κ1) is 12.8. The van der Waals surface area contributed by atoms with Gasteiger partial charge in [-0.15, -0.1) is 0 Å². The van der Waals surface area contributed by atoms with Crippen LogP contribution in [0.2, 0.25) is 0 Å². The first-order chi connectivity index (χ1) is 8.72. The number of hydrogen-bond acceptors (Lipinski definition) is 5. The Labute approximate surface area is 106 Å². The second-order valence-corrected chi connectivity index (χ2v) is 4.18. The first-order valence-corrected chi connectivity index (χ1v) is 6.13. The molecule has 18 heavy (non-hydrogen) atoms. The van der Waals surface area contributed by atoms with Crippen LogP contribution in [0.15, 0.2) is 12.4 Å². The second kappa shape index (κ2) is 5.77. The molecule has 1 aliphatic heterocycles. The number of carbonyl (C=O) groups is 1. The number of aromatic carboxylic acids is 1. The standard InChI is InChI=1S/C12H17N3O3/c1-2-18-9-3-7-15(8-4-9)11-10(12(16)17)13-5-6-14-11/h5-6,9H,2-4,7-8H2,1H3,(H,16,17). The van der Waals surface area contributed by atoms with Crippen molar-refractivity contribution in [2.24, 2.45) is 0 Å². The summed E-state index contributed by atoms with van der Waals surface area (Å²) in [5.74, 6) is -0.579. The number of aromatic nitrogens is 2. The Morgan fingerprint density at radius 2 is 2.11 bits per heavy atom. The molecule has 0 aromatic carbocycles. The molecule has 0 atom stereocenters. The predicted octanol–water partition coefficient (Wildman–Crippen LogP) is 1.18. The highest BCUT2D eigenvalue weighted by Crippen LogP contribution is 2.21. The molecule has 0 aliphatic carbocycles. The van der Waals surface area contributed by atoms with Crippen LogP contribution in [0.3, 0.4) is 0 Å². The zero-order valence-corrected chi connectivity index (χ0v) is 10.4. The predicted molar refractivity (Wildman–Crippen MR) is 65.9 cm³/mol. The fourth-order valence-electron chi connectivity index (χ4n) is 2.18. The van der Waals surface area contributed by atoms with Gasteiger partial charge in [-0.25, -0.2) is 14.8 Å². The minimum atomic E-state index is -1.04. The Hall–Kier alpha value is -1.69. The Balaban J connectivity index is 2.07. The number of carboxylic acid groups (broad SMARTS) is 1. The third kappa shape index (κ3) is 2.76. The molecule has 1 aromatic rings. The lowest BCUT2D eigenvalue weighted by Gasteiger charge is -2.32. The molecule has 2 heterocycles. The summed E-state index contributed by atoms with van der Waals surface area (Å²) in [6.07, 6.45) is 4.99. The molecule has 1 aliphatic rings. The molecule has 0 spiro atoms. The third-order valence-corrected chi connectivity index (χ3v) is 3.03. The lowest BCUT2D eigenvalue weighted by Crippen LogP contribution is -2.38. The maximum Gasteiger partial charge on any atom is 0.358 e. The summed E-state index contributed by atoms with van der Waals surface area (Å²) in [5, 5.41) is 9.08. The van der Waals surface area contributed by atoms with Crippen molar-refractivity contribution in [3.8, 4) is 0 Å². The summed E-state index contributed by atoms with van der Waals surface area (Å²) in [7, 11) is 0. The molecule has 1 fully saturated rings. The van der Waals surface area contributed by atoms with Gasteiger partial charge in [-0.1, -0.05) is 0 Å². The van der Waals surface area contributed by atoms with E-state index < -0.39 is 5.97 Å². The third-order valence-electron chi connectivity index (χ3n) is 3.03. The van der Waals surface area contributed by atoms with Crippen molar-refractivity contribution in [3.05, 3.63) is 18.1 Å². The Morgan fingerprint density at radius 3 is 2.72 bits per heavy atom. The van der Waals surface area contributed by atoms with E-state index in [1.807, 2.05) is 11.8 Å². The van der Waals surface area contributed by atoms with Gasteiger partial charge in [-0.2, -0.15) is 0 Å². The van der Waals surface area contributed by atoms with Crippen molar-refractivity contribution in [2.75, 3.05) is 24.6 Å². The summed E-state index contributed by atoms with van der Waals surface area (Å²) < 4.78 is 5.57. The number of hydrogen-bond donors (Lipinski definition) is 1. The van der Waals surface area contributed by atoms with E-state index in [1.165, 1.54) is 12.4 Å². The lowest BCUT2D eigenvalue weighted by molar-refractivity contribution is 0.0458. The molecule has 98 valence electrons. The Kier molecular flexibility index (Phi) is 4.09. The summed E-state index contributed by atoms with van der Waals surface area (Å²) >= 11 is 0. The van der Waals surface area contributed by atoms with Crippen molar-refractivity contribution in [2.45, 2.75) is 25.9 Å². The van der Waals surface area contributed by atoms with Crippen LogP contribution in [-0.2, 0) is 4.74 Å². The molecule has 2 rings (SSSR count). The van der Waals surface area contributed by atoms with E-state index in [4.69, 9.17) is 9.84 Å². The van der Waals surface area contributed by atoms with Crippen molar-refractivity contribution < 1.29 is 14.6 Å². The van der Waals surface area contributed by atoms with Crippen LogP contribution in [0.25, 0.3) is 0 Å². The summed E-state index contributed by atoms with van der Waals surface area (Å²) in [6.45, 7) is 4.21. The van der Waals surface area contributed by atoms with Gasteiger partial charge in [-0.05, 0) is 19.8 Å². The molecule has 0 unspecified atom stereocenters. The van der Waals surface area contributed by atoms with Crippen LogP contribution >= 0.6 is 0 Å².